The van der Waals surface area contributed by atoms with Crippen LogP contribution in [0.15, 0.2) is 48.1 Å². The Hall–Kier alpha value is -2.71. The van der Waals surface area contributed by atoms with Gasteiger partial charge in [-0.3, -0.25) is 4.98 Å². The topological polar surface area (TPSA) is 61.6 Å². The summed E-state index contributed by atoms with van der Waals surface area (Å²) in [5.74, 6) is 0. The van der Waals surface area contributed by atoms with Crippen molar-refractivity contribution in [3.8, 4) is 17.3 Å². The first-order valence-electron chi connectivity index (χ1n) is 6.40. The van der Waals surface area contributed by atoms with Crippen molar-refractivity contribution in [1.82, 2.24) is 9.97 Å². The highest BCUT2D eigenvalue weighted by molar-refractivity contribution is 7.14. The van der Waals surface area contributed by atoms with E-state index in [4.69, 9.17) is 5.26 Å². The minimum Gasteiger partial charge on any atom is -0.331 e. The number of nitrogens with one attached hydrogen (secondary N) is 1. The lowest BCUT2D eigenvalue weighted by atomic mass is 10.1. The molecule has 0 aliphatic heterocycles. The summed E-state index contributed by atoms with van der Waals surface area (Å²) in [5, 5.41) is 14.9. The van der Waals surface area contributed by atoms with Gasteiger partial charge in [-0.1, -0.05) is 6.07 Å². The maximum Gasteiger partial charge on any atom is 0.187 e. The Bertz CT molecular complexity index is 817. The summed E-state index contributed by atoms with van der Waals surface area (Å²) in [7, 11) is 0. The zero-order valence-corrected chi connectivity index (χ0v) is 12.2. The maximum absolute atomic E-state index is 8.91. The van der Waals surface area contributed by atoms with Gasteiger partial charge in [0.2, 0.25) is 0 Å². The van der Waals surface area contributed by atoms with Gasteiger partial charge in [0.25, 0.3) is 0 Å². The molecule has 0 aliphatic carbocycles. The van der Waals surface area contributed by atoms with Crippen molar-refractivity contribution in [2.75, 3.05) is 5.32 Å². The van der Waals surface area contributed by atoms with Crippen molar-refractivity contribution < 1.29 is 0 Å². The Balaban J connectivity index is 1.86. The van der Waals surface area contributed by atoms with Crippen LogP contribution in [0.25, 0.3) is 11.3 Å². The number of benzene rings is 1. The summed E-state index contributed by atoms with van der Waals surface area (Å²) < 4.78 is 0. The predicted octanol–water partition coefficient (Wildman–Crippen LogP) is 4.13. The van der Waals surface area contributed by atoms with Crippen LogP contribution in [0.5, 0.6) is 0 Å². The number of rotatable bonds is 3. The Morgan fingerprint density at radius 3 is 3.00 bits per heavy atom. The van der Waals surface area contributed by atoms with Crippen molar-refractivity contribution in [3.05, 3.63) is 59.2 Å². The van der Waals surface area contributed by atoms with Gasteiger partial charge in [-0.05, 0) is 36.8 Å². The third-order valence-electron chi connectivity index (χ3n) is 3.06. The second-order valence-electron chi connectivity index (χ2n) is 4.55. The van der Waals surface area contributed by atoms with Crippen molar-refractivity contribution >= 4 is 22.2 Å². The monoisotopic (exact) mass is 292 g/mol. The van der Waals surface area contributed by atoms with E-state index in [2.05, 4.69) is 21.4 Å². The van der Waals surface area contributed by atoms with Gasteiger partial charge in [-0.15, -0.1) is 11.3 Å². The summed E-state index contributed by atoms with van der Waals surface area (Å²) >= 11 is 1.53. The van der Waals surface area contributed by atoms with Crippen molar-refractivity contribution in [3.63, 3.8) is 0 Å². The average molecular weight is 292 g/mol. The number of nitrogens with zero attached hydrogens (tertiary/aromatic N) is 3. The summed E-state index contributed by atoms with van der Waals surface area (Å²) in [4.78, 5) is 8.72. The first-order valence-corrected chi connectivity index (χ1v) is 7.28. The van der Waals surface area contributed by atoms with Gasteiger partial charge in [0.15, 0.2) is 5.13 Å². The Morgan fingerprint density at radius 1 is 1.29 bits per heavy atom. The van der Waals surface area contributed by atoms with Gasteiger partial charge < -0.3 is 5.32 Å². The molecule has 0 fully saturated rings. The average Bonchev–Trinajstić information content (AvgIpc) is 2.96. The normalized spacial score (nSPS) is 10.1. The van der Waals surface area contributed by atoms with E-state index in [1.165, 1.54) is 11.3 Å². The molecule has 3 aromatic rings. The highest BCUT2D eigenvalue weighted by Gasteiger charge is 2.07. The first-order chi connectivity index (χ1) is 10.3. The van der Waals surface area contributed by atoms with Crippen LogP contribution in [-0.4, -0.2) is 9.97 Å². The Kier molecular flexibility index (Phi) is 3.63. The molecule has 4 nitrogen and oxygen atoms in total. The van der Waals surface area contributed by atoms with Gasteiger partial charge in [0.1, 0.15) is 0 Å². The molecule has 0 radical (unpaired) electrons. The molecule has 102 valence electrons. The van der Waals surface area contributed by atoms with Gasteiger partial charge >= 0.3 is 0 Å². The summed E-state index contributed by atoms with van der Waals surface area (Å²) in [6.07, 6.45) is 3.60. The van der Waals surface area contributed by atoms with Gasteiger partial charge in [0.05, 0.1) is 17.3 Å². The summed E-state index contributed by atoms with van der Waals surface area (Å²) in [5.41, 5.74) is 4.57. The van der Waals surface area contributed by atoms with E-state index in [0.29, 0.717) is 5.56 Å². The molecule has 2 aromatic heterocycles. The number of aryl methyl sites for hydroxylation is 1. The number of anilines is 2. The molecule has 0 unspecified atom stereocenters. The highest BCUT2D eigenvalue weighted by atomic mass is 32.1. The van der Waals surface area contributed by atoms with E-state index >= 15 is 0 Å². The molecule has 5 heteroatoms. The molecule has 21 heavy (non-hydrogen) atoms. The van der Waals surface area contributed by atoms with E-state index < -0.39 is 0 Å². The minimum absolute atomic E-state index is 0.625. The lowest BCUT2D eigenvalue weighted by molar-refractivity contribution is 1.26. The molecule has 0 saturated heterocycles. The summed E-state index contributed by atoms with van der Waals surface area (Å²) in [6.45, 7) is 2.04. The maximum atomic E-state index is 8.91. The van der Waals surface area contributed by atoms with E-state index in [9.17, 15) is 0 Å². The van der Waals surface area contributed by atoms with Crippen molar-refractivity contribution in [2.45, 2.75) is 6.92 Å². The number of hydrogen-bond acceptors (Lipinski definition) is 5. The lowest BCUT2D eigenvalue weighted by Crippen LogP contribution is -1.91. The third-order valence-corrected chi connectivity index (χ3v) is 3.82. The number of aromatic nitrogens is 2. The van der Waals surface area contributed by atoms with Crippen LogP contribution in [0, 0.1) is 18.3 Å². The van der Waals surface area contributed by atoms with Crippen molar-refractivity contribution in [2.24, 2.45) is 0 Å². The van der Waals surface area contributed by atoms with Crippen LogP contribution in [0.3, 0.4) is 0 Å². The van der Waals surface area contributed by atoms with Gasteiger partial charge in [0, 0.05) is 29.0 Å². The van der Waals surface area contributed by atoms with E-state index in [1.807, 2.05) is 36.7 Å². The van der Waals surface area contributed by atoms with Crippen LogP contribution < -0.4 is 5.32 Å². The molecule has 0 amide bonds. The highest BCUT2D eigenvalue weighted by Crippen LogP contribution is 2.28. The van der Waals surface area contributed by atoms with Gasteiger partial charge in [-0.25, -0.2) is 4.98 Å². The van der Waals surface area contributed by atoms with Crippen LogP contribution in [0.1, 0.15) is 11.1 Å². The zero-order chi connectivity index (χ0) is 14.7. The lowest BCUT2D eigenvalue weighted by Gasteiger charge is -2.03. The van der Waals surface area contributed by atoms with Gasteiger partial charge in [-0.2, -0.15) is 5.26 Å². The largest absolute Gasteiger partial charge is 0.331 e. The third kappa shape index (κ3) is 2.91. The zero-order valence-electron chi connectivity index (χ0n) is 11.4. The Morgan fingerprint density at radius 2 is 2.19 bits per heavy atom. The quantitative estimate of drug-likeness (QED) is 0.788. The smallest absolute Gasteiger partial charge is 0.187 e. The molecule has 0 atom stereocenters. The SMILES string of the molecule is Cc1ccncc1-c1csc(Nc2cccc(C#N)c2)n1. The molecular formula is C16H12N4S. The minimum atomic E-state index is 0.625. The van der Waals surface area contributed by atoms with Crippen LogP contribution in [-0.2, 0) is 0 Å². The molecule has 1 aromatic carbocycles. The molecule has 2 heterocycles. The predicted molar refractivity (Wildman–Crippen MR) is 84.5 cm³/mol. The van der Waals surface area contributed by atoms with E-state index in [1.54, 1.807) is 18.3 Å². The number of thiazole rings is 1. The molecule has 0 aliphatic rings. The fourth-order valence-electron chi connectivity index (χ4n) is 1.98. The van der Waals surface area contributed by atoms with Crippen LogP contribution >= 0.6 is 11.3 Å². The molecule has 3 rings (SSSR count). The Labute approximate surface area is 126 Å². The van der Waals surface area contributed by atoms with Crippen molar-refractivity contribution in [1.29, 1.82) is 5.26 Å². The second kappa shape index (κ2) is 5.73. The van der Waals surface area contributed by atoms with Crippen LogP contribution in [0.2, 0.25) is 0 Å². The molecule has 1 N–H and O–H groups in total. The molecule has 0 saturated carbocycles. The fraction of sp³-hybridized carbons (Fsp3) is 0.0625. The molecule has 0 bridgehead atoms. The van der Waals surface area contributed by atoms with E-state index in [0.717, 1.165) is 27.6 Å². The summed E-state index contributed by atoms with van der Waals surface area (Å²) in [6, 6.07) is 11.4. The molecule has 0 spiro atoms. The van der Waals surface area contributed by atoms with E-state index in [-0.39, 0.29) is 0 Å². The number of nitriles is 1. The first kappa shape index (κ1) is 13.3. The van der Waals surface area contributed by atoms with Crippen LogP contribution in [0.4, 0.5) is 10.8 Å². The second-order valence-corrected chi connectivity index (χ2v) is 5.40. The number of pyridine rings is 1. The molecular weight excluding hydrogens is 280 g/mol. The standard InChI is InChI=1S/C16H12N4S/c1-11-5-6-18-9-14(11)15-10-21-16(20-15)19-13-4-2-3-12(7-13)8-17/h2-7,9-10H,1H3,(H,19,20). The fourth-order valence-corrected chi connectivity index (χ4v) is 2.71. The number of hydrogen-bond donors (Lipinski definition) is 1.